The molecule has 0 fully saturated rings. The number of carbonyl (C=O) groups is 2. The zero-order valence-corrected chi connectivity index (χ0v) is 12.3. The fourth-order valence-electron chi connectivity index (χ4n) is 1.75. The molecule has 2 N–H and O–H groups in total. The highest BCUT2D eigenvalue weighted by atomic mass is 35.5. The van der Waals surface area contributed by atoms with Gasteiger partial charge in [0.2, 0.25) is 0 Å². The van der Waals surface area contributed by atoms with Crippen LogP contribution < -0.4 is 10.6 Å². The summed E-state index contributed by atoms with van der Waals surface area (Å²) in [5, 5.41) is 6.47. The number of hydrogen-bond acceptors (Lipinski definition) is 4. The summed E-state index contributed by atoms with van der Waals surface area (Å²) in [4.78, 5) is 23.6. The van der Waals surface area contributed by atoms with E-state index in [1.807, 2.05) is 24.3 Å². The Hall–Kier alpha value is -1.79. The molecule has 0 radical (unpaired) electrons. The Bertz CT molecular complexity index is 642. The van der Waals surface area contributed by atoms with Crippen LogP contribution in [0.3, 0.4) is 0 Å². The molecule has 0 atom stereocenters. The van der Waals surface area contributed by atoms with E-state index in [1.165, 1.54) is 18.4 Å². The van der Waals surface area contributed by atoms with Gasteiger partial charge in [0.1, 0.15) is 10.6 Å². The van der Waals surface area contributed by atoms with Gasteiger partial charge in [0.25, 0.3) is 0 Å². The summed E-state index contributed by atoms with van der Waals surface area (Å²) in [7, 11) is 1.31. The number of anilines is 1. The number of esters is 1. The van der Waals surface area contributed by atoms with Crippen molar-refractivity contribution in [3.63, 3.8) is 0 Å². The van der Waals surface area contributed by atoms with Crippen LogP contribution in [0.15, 0.2) is 24.3 Å². The lowest BCUT2D eigenvalue weighted by Crippen LogP contribution is -2.30. The van der Waals surface area contributed by atoms with Gasteiger partial charge in [-0.25, -0.2) is 9.59 Å². The summed E-state index contributed by atoms with van der Waals surface area (Å²) in [6, 6.07) is 7.01. The van der Waals surface area contributed by atoms with E-state index in [4.69, 9.17) is 16.3 Å². The van der Waals surface area contributed by atoms with Crippen molar-refractivity contribution in [2.45, 2.75) is 0 Å². The fourth-order valence-corrected chi connectivity index (χ4v) is 2.93. The number of rotatable bonds is 4. The van der Waals surface area contributed by atoms with Crippen molar-refractivity contribution >= 4 is 50.0 Å². The molecule has 0 bridgehead atoms. The topological polar surface area (TPSA) is 67.4 Å². The van der Waals surface area contributed by atoms with Gasteiger partial charge in [-0.15, -0.1) is 22.9 Å². The number of hydrogen-bond donors (Lipinski definition) is 2. The van der Waals surface area contributed by atoms with Crippen LogP contribution in [0, 0.1) is 0 Å². The zero-order chi connectivity index (χ0) is 14.5. The summed E-state index contributed by atoms with van der Waals surface area (Å²) in [6.07, 6.45) is 0. The van der Waals surface area contributed by atoms with E-state index in [0.717, 1.165) is 10.1 Å². The van der Waals surface area contributed by atoms with Crippen LogP contribution in [-0.4, -0.2) is 31.5 Å². The van der Waals surface area contributed by atoms with Gasteiger partial charge in [-0.2, -0.15) is 0 Å². The number of carbonyl (C=O) groups excluding carboxylic acids is 2. The molecule has 0 unspecified atom stereocenters. The van der Waals surface area contributed by atoms with Crippen molar-refractivity contribution in [3.05, 3.63) is 29.8 Å². The standard InChI is InChI=1S/C13H13ClN2O3S/c1-19-12(17)10-8-4-2-3-5-9(8)20-11(10)16-13(18)15-7-6-14/h2-5H,6-7H2,1H3,(H2,15,16,18). The third-order valence-electron chi connectivity index (χ3n) is 2.59. The Balaban J connectivity index is 2.36. The van der Waals surface area contributed by atoms with E-state index in [2.05, 4.69) is 10.6 Å². The second kappa shape index (κ2) is 6.58. The first-order valence-electron chi connectivity index (χ1n) is 5.88. The Morgan fingerprint density at radius 2 is 2.10 bits per heavy atom. The molecule has 1 heterocycles. The normalized spacial score (nSPS) is 10.3. The molecule has 1 aromatic heterocycles. The number of methoxy groups -OCH3 is 1. The molecule has 5 nitrogen and oxygen atoms in total. The number of nitrogens with one attached hydrogen (secondary N) is 2. The highest BCUT2D eigenvalue weighted by Crippen LogP contribution is 2.35. The van der Waals surface area contributed by atoms with E-state index in [-0.39, 0.29) is 0 Å². The Kier molecular flexibility index (Phi) is 4.81. The molecule has 2 rings (SSSR count). The Morgan fingerprint density at radius 1 is 1.35 bits per heavy atom. The molecular formula is C13H13ClN2O3S. The Morgan fingerprint density at radius 3 is 2.80 bits per heavy atom. The average Bonchev–Trinajstić information content (AvgIpc) is 2.82. The maximum absolute atomic E-state index is 11.9. The number of alkyl halides is 1. The molecule has 0 aliphatic carbocycles. The van der Waals surface area contributed by atoms with Gasteiger partial charge in [-0.05, 0) is 6.07 Å². The first-order chi connectivity index (χ1) is 9.67. The molecule has 20 heavy (non-hydrogen) atoms. The monoisotopic (exact) mass is 312 g/mol. The van der Waals surface area contributed by atoms with Crippen LogP contribution in [0.4, 0.5) is 9.80 Å². The fraction of sp³-hybridized carbons (Fsp3) is 0.231. The van der Waals surface area contributed by atoms with Gasteiger partial charge in [0.05, 0.1) is 7.11 Å². The summed E-state index contributed by atoms with van der Waals surface area (Å²) in [5.41, 5.74) is 0.370. The number of benzene rings is 1. The van der Waals surface area contributed by atoms with Crippen molar-refractivity contribution in [2.75, 3.05) is 24.9 Å². The molecule has 0 aliphatic rings. The molecule has 106 valence electrons. The highest BCUT2D eigenvalue weighted by molar-refractivity contribution is 7.23. The molecule has 0 saturated heterocycles. The van der Waals surface area contributed by atoms with Crippen molar-refractivity contribution < 1.29 is 14.3 Å². The lowest BCUT2D eigenvalue weighted by molar-refractivity contribution is 0.0604. The van der Waals surface area contributed by atoms with Gasteiger partial charge in [0, 0.05) is 22.5 Å². The number of ether oxygens (including phenoxy) is 1. The molecular weight excluding hydrogens is 300 g/mol. The smallest absolute Gasteiger partial charge is 0.341 e. The largest absolute Gasteiger partial charge is 0.465 e. The van der Waals surface area contributed by atoms with Crippen molar-refractivity contribution in [3.8, 4) is 0 Å². The predicted octanol–water partition coefficient (Wildman–Crippen LogP) is 3.05. The van der Waals surface area contributed by atoms with E-state index in [9.17, 15) is 9.59 Å². The second-order valence-corrected chi connectivity index (χ2v) is 5.29. The van der Waals surface area contributed by atoms with Crippen LogP contribution in [0.1, 0.15) is 10.4 Å². The minimum atomic E-state index is -0.477. The highest BCUT2D eigenvalue weighted by Gasteiger charge is 2.20. The third-order valence-corrected chi connectivity index (χ3v) is 3.87. The molecule has 0 aliphatic heterocycles. The van der Waals surface area contributed by atoms with E-state index >= 15 is 0 Å². The number of thiophene rings is 1. The number of urea groups is 1. The minimum absolute atomic E-state index is 0.323. The first-order valence-corrected chi connectivity index (χ1v) is 7.23. The molecule has 2 amide bonds. The lowest BCUT2D eigenvalue weighted by atomic mass is 10.1. The summed E-state index contributed by atoms with van der Waals surface area (Å²) in [5.74, 6) is -0.154. The second-order valence-electron chi connectivity index (χ2n) is 3.86. The quantitative estimate of drug-likeness (QED) is 0.673. The SMILES string of the molecule is COC(=O)c1c(NC(=O)NCCCl)sc2ccccc12. The summed E-state index contributed by atoms with van der Waals surface area (Å²) in [6.45, 7) is 0.353. The van der Waals surface area contributed by atoms with Gasteiger partial charge in [-0.1, -0.05) is 18.2 Å². The van der Waals surface area contributed by atoms with Gasteiger partial charge < -0.3 is 10.1 Å². The summed E-state index contributed by atoms with van der Waals surface area (Å²) >= 11 is 6.83. The van der Waals surface area contributed by atoms with Crippen molar-refractivity contribution in [2.24, 2.45) is 0 Å². The van der Waals surface area contributed by atoms with Gasteiger partial charge in [-0.3, -0.25) is 5.32 Å². The average molecular weight is 313 g/mol. The predicted molar refractivity (Wildman–Crippen MR) is 80.9 cm³/mol. The molecule has 0 spiro atoms. The number of halogens is 1. The molecule has 2 aromatic rings. The van der Waals surface area contributed by atoms with E-state index < -0.39 is 12.0 Å². The number of amides is 2. The third kappa shape index (κ3) is 3.02. The summed E-state index contributed by atoms with van der Waals surface area (Å²) < 4.78 is 5.68. The lowest BCUT2D eigenvalue weighted by Gasteiger charge is -2.06. The Labute approximate surface area is 124 Å². The first kappa shape index (κ1) is 14.6. The maximum Gasteiger partial charge on any atom is 0.341 e. The van der Waals surface area contributed by atoms with Gasteiger partial charge >= 0.3 is 12.0 Å². The molecule has 1 aromatic carbocycles. The molecule has 0 saturated carbocycles. The van der Waals surface area contributed by atoms with Crippen molar-refractivity contribution in [1.29, 1.82) is 0 Å². The van der Waals surface area contributed by atoms with E-state index in [1.54, 1.807) is 0 Å². The number of fused-ring (bicyclic) bond motifs is 1. The van der Waals surface area contributed by atoms with Crippen LogP contribution in [0.2, 0.25) is 0 Å². The minimum Gasteiger partial charge on any atom is -0.465 e. The maximum atomic E-state index is 11.9. The van der Waals surface area contributed by atoms with Gasteiger partial charge in [0.15, 0.2) is 0 Å². The van der Waals surface area contributed by atoms with Crippen LogP contribution in [0.5, 0.6) is 0 Å². The van der Waals surface area contributed by atoms with Crippen LogP contribution in [-0.2, 0) is 4.74 Å². The van der Waals surface area contributed by atoms with E-state index in [0.29, 0.717) is 23.0 Å². The van der Waals surface area contributed by atoms with Crippen molar-refractivity contribution in [1.82, 2.24) is 5.32 Å². The molecule has 7 heteroatoms. The zero-order valence-electron chi connectivity index (χ0n) is 10.7. The van der Waals surface area contributed by atoms with Crippen LogP contribution in [0.25, 0.3) is 10.1 Å². The van der Waals surface area contributed by atoms with Crippen LogP contribution >= 0.6 is 22.9 Å².